The first-order valence-electron chi connectivity index (χ1n) is 9.70. The molecule has 2 aromatic heterocycles. The molecule has 1 fully saturated rings. The van der Waals surface area contributed by atoms with Crippen LogP contribution in [0.3, 0.4) is 0 Å². The zero-order valence-corrected chi connectivity index (χ0v) is 15.8. The highest BCUT2D eigenvalue weighted by atomic mass is 19.4. The van der Waals surface area contributed by atoms with Crippen molar-refractivity contribution in [2.75, 3.05) is 13.2 Å². The van der Waals surface area contributed by atoms with Gasteiger partial charge in [-0.3, -0.25) is 15.3 Å². The first kappa shape index (κ1) is 19.9. The number of halogens is 3. The van der Waals surface area contributed by atoms with Crippen LogP contribution in [0.15, 0.2) is 35.5 Å². The van der Waals surface area contributed by atoms with Crippen molar-refractivity contribution in [1.29, 1.82) is 0 Å². The van der Waals surface area contributed by atoms with Gasteiger partial charge in [0.15, 0.2) is 0 Å². The molecule has 0 saturated carbocycles. The Balaban J connectivity index is 1.82. The summed E-state index contributed by atoms with van der Waals surface area (Å²) >= 11 is 0. The fraction of sp³-hybridized carbons (Fsp3) is 0.450. The second kappa shape index (κ2) is 8.17. The Labute approximate surface area is 166 Å². The van der Waals surface area contributed by atoms with Crippen molar-refractivity contribution in [3.05, 3.63) is 58.7 Å². The van der Waals surface area contributed by atoms with Crippen LogP contribution < -0.4 is 16.4 Å². The largest absolute Gasteiger partial charge is 0.418 e. The maximum absolute atomic E-state index is 13.8. The van der Waals surface area contributed by atoms with Crippen molar-refractivity contribution in [2.24, 2.45) is 10.7 Å². The number of pyridine rings is 2. The van der Waals surface area contributed by atoms with E-state index in [-0.39, 0.29) is 30.2 Å². The maximum atomic E-state index is 13.8. The molecule has 29 heavy (non-hydrogen) atoms. The summed E-state index contributed by atoms with van der Waals surface area (Å²) in [5.74, 6) is 0. The maximum Gasteiger partial charge on any atom is 0.418 e. The number of alkyl halides is 3. The van der Waals surface area contributed by atoms with Crippen LogP contribution in [-0.2, 0) is 12.7 Å². The van der Waals surface area contributed by atoms with Crippen molar-refractivity contribution in [3.8, 4) is 0 Å². The molecule has 0 radical (unpaired) electrons. The molecule has 2 aliphatic rings. The van der Waals surface area contributed by atoms with Crippen molar-refractivity contribution < 1.29 is 13.2 Å². The van der Waals surface area contributed by atoms with E-state index >= 15 is 0 Å². The highest BCUT2D eigenvalue weighted by molar-refractivity contribution is 6.13. The Hall–Kier alpha value is -2.36. The number of nitrogens with two attached hydrogens (primary N) is 1. The third-order valence-corrected chi connectivity index (χ3v) is 5.28. The highest BCUT2D eigenvalue weighted by Gasteiger charge is 2.37. The molecule has 0 aromatic carbocycles. The molecule has 154 valence electrons. The Morgan fingerprint density at radius 2 is 2.00 bits per heavy atom. The van der Waals surface area contributed by atoms with E-state index in [2.05, 4.69) is 25.6 Å². The standard InChI is InChI=1S/C20H23F3N6/c21-20(22,23)14-6-7-16(15-5-1-3-12(24)9-27-15)29-19(14)18-13-4-2-8-26-17(13)10-25-11-28-18/h2,4,6-8,12,15,25,27H,1,3,5,9-11,24H2. The van der Waals surface area contributed by atoms with E-state index in [1.165, 1.54) is 6.07 Å². The zero-order chi connectivity index (χ0) is 20.4. The lowest BCUT2D eigenvalue weighted by Gasteiger charge is -2.20. The van der Waals surface area contributed by atoms with Crippen LogP contribution in [0.5, 0.6) is 0 Å². The summed E-state index contributed by atoms with van der Waals surface area (Å²) in [6.45, 7) is 1.25. The summed E-state index contributed by atoms with van der Waals surface area (Å²) in [5, 5.41) is 6.40. The van der Waals surface area contributed by atoms with Gasteiger partial charge in [-0.15, -0.1) is 0 Å². The Morgan fingerprint density at radius 1 is 1.14 bits per heavy atom. The van der Waals surface area contributed by atoms with Crippen molar-refractivity contribution >= 4 is 5.71 Å². The van der Waals surface area contributed by atoms with Crippen LogP contribution >= 0.6 is 0 Å². The minimum absolute atomic E-state index is 0.0455. The van der Waals surface area contributed by atoms with Crippen molar-refractivity contribution in [1.82, 2.24) is 20.6 Å². The summed E-state index contributed by atoms with van der Waals surface area (Å²) < 4.78 is 41.4. The fourth-order valence-electron chi connectivity index (χ4n) is 3.80. The number of hydrogen-bond donors (Lipinski definition) is 3. The average molecular weight is 404 g/mol. The summed E-state index contributed by atoms with van der Waals surface area (Å²) in [7, 11) is 0. The van der Waals surface area contributed by atoms with Gasteiger partial charge >= 0.3 is 6.18 Å². The lowest BCUT2D eigenvalue weighted by molar-refractivity contribution is -0.138. The van der Waals surface area contributed by atoms with Gasteiger partial charge < -0.3 is 11.1 Å². The molecule has 0 amide bonds. The van der Waals surface area contributed by atoms with Gasteiger partial charge in [0, 0.05) is 36.9 Å². The number of hydrogen-bond acceptors (Lipinski definition) is 6. The summed E-state index contributed by atoms with van der Waals surface area (Å²) in [5.41, 5.74) is 7.09. The SMILES string of the molecule is NC1CCCC(c2ccc(C(F)(F)F)c(C3=NCNCc4ncccc43)n2)NC1. The van der Waals surface area contributed by atoms with Gasteiger partial charge in [-0.1, -0.05) is 0 Å². The van der Waals surface area contributed by atoms with E-state index in [4.69, 9.17) is 5.73 Å². The third kappa shape index (κ3) is 4.31. The molecule has 2 atom stereocenters. The molecule has 0 bridgehead atoms. The quantitative estimate of drug-likeness (QED) is 0.716. The minimum Gasteiger partial charge on any atom is -0.327 e. The number of aromatic nitrogens is 2. The van der Waals surface area contributed by atoms with Crippen LogP contribution in [0.1, 0.15) is 53.5 Å². The molecule has 4 rings (SSSR count). The molecular weight excluding hydrogens is 381 g/mol. The molecule has 2 aliphatic heterocycles. The van der Waals surface area contributed by atoms with Crippen LogP contribution in [-0.4, -0.2) is 34.9 Å². The third-order valence-electron chi connectivity index (χ3n) is 5.28. The summed E-state index contributed by atoms with van der Waals surface area (Å²) in [4.78, 5) is 13.2. The molecule has 1 saturated heterocycles. The lowest BCUT2D eigenvalue weighted by atomic mass is 9.99. The molecule has 4 N–H and O–H groups in total. The Kier molecular flexibility index (Phi) is 5.62. The van der Waals surface area contributed by atoms with Gasteiger partial charge in [-0.05, 0) is 43.5 Å². The zero-order valence-electron chi connectivity index (χ0n) is 15.8. The van der Waals surface area contributed by atoms with Gasteiger partial charge in [0.1, 0.15) is 5.69 Å². The van der Waals surface area contributed by atoms with Gasteiger partial charge in [0.05, 0.1) is 29.3 Å². The van der Waals surface area contributed by atoms with Crippen molar-refractivity contribution in [2.45, 2.75) is 44.1 Å². The smallest absolute Gasteiger partial charge is 0.327 e. The number of nitrogens with one attached hydrogen (secondary N) is 2. The van der Waals surface area contributed by atoms with Gasteiger partial charge in [-0.25, -0.2) is 4.98 Å². The summed E-state index contributed by atoms with van der Waals surface area (Å²) in [6.07, 6.45) is -0.359. The van der Waals surface area contributed by atoms with E-state index in [0.717, 1.165) is 25.3 Å². The molecule has 0 spiro atoms. The molecule has 6 nitrogen and oxygen atoms in total. The molecule has 2 aromatic rings. The molecular formula is C20H23F3N6. The van der Waals surface area contributed by atoms with Crippen LogP contribution in [0.25, 0.3) is 0 Å². The number of nitrogens with zero attached hydrogens (tertiary/aromatic N) is 3. The monoisotopic (exact) mass is 404 g/mol. The predicted octanol–water partition coefficient (Wildman–Crippen LogP) is 2.54. The number of aliphatic imine (C=N–C) groups is 1. The van der Waals surface area contributed by atoms with E-state index in [9.17, 15) is 13.2 Å². The van der Waals surface area contributed by atoms with Gasteiger partial charge in [-0.2, -0.15) is 13.2 Å². The normalized spacial score (nSPS) is 23.0. The Bertz CT molecular complexity index is 911. The first-order valence-corrected chi connectivity index (χ1v) is 9.70. The number of fused-ring (bicyclic) bond motifs is 1. The van der Waals surface area contributed by atoms with Gasteiger partial charge in [0.2, 0.25) is 0 Å². The van der Waals surface area contributed by atoms with Crippen LogP contribution in [0.2, 0.25) is 0 Å². The van der Waals surface area contributed by atoms with Crippen LogP contribution in [0.4, 0.5) is 13.2 Å². The van der Waals surface area contributed by atoms with Gasteiger partial charge in [0.25, 0.3) is 0 Å². The second-order valence-corrected chi connectivity index (χ2v) is 7.37. The lowest BCUT2D eigenvalue weighted by Crippen LogP contribution is -2.33. The Morgan fingerprint density at radius 3 is 2.83 bits per heavy atom. The van der Waals surface area contributed by atoms with E-state index < -0.39 is 11.7 Å². The molecule has 0 aliphatic carbocycles. The first-order chi connectivity index (χ1) is 13.9. The fourth-order valence-corrected chi connectivity index (χ4v) is 3.80. The molecule has 4 heterocycles. The van der Waals surface area contributed by atoms with Crippen LogP contribution in [0, 0.1) is 0 Å². The summed E-state index contributed by atoms with van der Waals surface area (Å²) in [6, 6.07) is 5.92. The van der Waals surface area contributed by atoms with E-state index in [1.54, 1.807) is 18.3 Å². The molecule has 9 heteroatoms. The van der Waals surface area contributed by atoms with E-state index in [0.29, 0.717) is 30.0 Å². The van der Waals surface area contributed by atoms with Crippen molar-refractivity contribution in [3.63, 3.8) is 0 Å². The number of rotatable bonds is 2. The van der Waals surface area contributed by atoms with E-state index in [1.807, 2.05) is 0 Å². The average Bonchev–Trinajstić information content (AvgIpc) is 3.05. The molecule has 2 unspecified atom stereocenters. The predicted molar refractivity (Wildman–Crippen MR) is 103 cm³/mol. The highest BCUT2D eigenvalue weighted by Crippen LogP contribution is 2.34. The topological polar surface area (TPSA) is 88.2 Å². The minimum atomic E-state index is -4.54. The second-order valence-electron chi connectivity index (χ2n) is 7.37.